The molecule has 344 valence electrons. The van der Waals surface area contributed by atoms with E-state index < -0.39 is 6.10 Å². The summed E-state index contributed by atoms with van der Waals surface area (Å²) in [5.74, 6) is -0.963. The number of ether oxygens (including phenoxy) is 3. The molecule has 0 aliphatic heterocycles. The second-order valence-electron chi connectivity index (χ2n) is 16.3. The molecule has 0 spiro atoms. The van der Waals surface area contributed by atoms with E-state index in [-0.39, 0.29) is 37.5 Å². The number of allylic oxidation sites excluding steroid dienone is 12. The summed E-state index contributed by atoms with van der Waals surface area (Å²) in [7, 11) is 0. The molecule has 0 aromatic rings. The fourth-order valence-corrected chi connectivity index (χ4v) is 6.77. The van der Waals surface area contributed by atoms with E-state index in [0.29, 0.717) is 19.3 Å². The number of hydrogen-bond acceptors (Lipinski definition) is 6. The summed E-state index contributed by atoms with van der Waals surface area (Å²) in [5.41, 5.74) is 0. The Morgan fingerprint density at radius 2 is 0.667 bits per heavy atom. The van der Waals surface area contributed by atoms with Gasteiger partial charge >= 0.3 is 17.9 Å². The Morgan fingerprint density at radius 3 is 1.08 bits per heavy atom. The molecule has 0 amide bonds. The van der Waals surface area contributed by atoms with Crippen LogP contribution in [-0.2, 0) is 28.6 Å². The predicted octanol–water partition coefficient (Wildman–Crippen LogP) is 16.3. The van der Waals surface area contributed by atoms with Gasteiger partial charge in [0.15, 0.2) is 6.10 Å². The van der Waals surface area contributed by atoms with Crippen molar-refractivity contribution in [2.45, 2.75) is 239 Å². The summed E-state index contributed by atoms with van der Waals surface area (Å²) in [5, 5.41) is 0. The lowest BCUT2D eigenvalue weighted by atomic mass is 10.0. The normalized spacial score (nSPS) is 12.7. The zero-order valence-electron chi connectivity index (χ0n) is 39.2. The number of unbranched alkanes of at least 4 members (excludes halogenated alkanes) is 21. The molecule has 6 heteroatoms. The fourth-order valence-electron chi connectivity index (χ4n) is 6.77. The molecule has 60 heavy (non-hydrogen) atoms. The van der Waals surface area contributed by atoms with Crippen LogP contribution >= 0.6 is 0 Å². The van der Waals surface area contributed by atoms with E-state index in [9.17, 15) is 14.4 Å². The number of carbonyl (C=O) groups excluding carboxylic acids is 3. The van der Waals surface area contributed by atoms with E-state index in [4.69, 9.17) is 14.2 Å². The van der Waals surface area contributed by atoms with Crippen molar-refractivity contribution in [3.8, 4) is 0 Å². The largest absolute Gasteiger partial charge is 0.462 e. The number of carbonyl (C=O) groups is 3. The van der Waals surface area contributed by atoms with Gasteiger partial charge in [-0.2, -0.15) is 0 Å². The van der Waals surface area contributed by atoms with Crippen LogP contribution in [0.1, 0.15) is 233 Å². The molecular weight excluding hydrogens is 745 g/mol. The average molecular weight is 837 g/mol. The molecule has 0 saturated carbocycles. The smallest absolute Gasteiger partial charge is 0.306 e. The standard InChI is InChI=1S/C54H92O6/c1-4-7-10-13-16-19-22-24-26-28-29-32-35-38-41-44-47-53(56)59-50-51(49-58-52(55)46-43-40-37-34-31-21-18-15-12-9-6-3)60-54(57)48-45-42-39-36-33-30-27-25-23-20-17-14-11-8-5-2/h7,9-10,12,16,18-19,21,24,26,34,37,51H,4-6,8,11,13-15,17,20,22-23,25,27-33,35-36,38-50H2,1-3H3/b10-7-,12-9-,19-16-,21-18-,26-24-,37-34-. The predicted molar refractivity (Wildman–Crippen MR) is 256 cm³/mol. The second kappa shape index (κ2) is 48.5. The molecule has 0 heterocycles. The maximum atomic E-state index is 12.8. The molecule has 0 aromatic heterocycles. The van der Waals surface area contributed by atoms with Crippen molar-refractivity contribution < 1.29 is 28.6 Å². The first kappa shape index (κ1) is 56.9. The van der Waals surface area contributed by atoms with Gasteiger partial charge in [0.1, 0.15) is 13.2 Å². The maximum Gasteiger partial charge on any atom is 0.306 e. The highest BCUT2D eigenvalue weighted by molar-refractivity contribution is 5.71. The van der Waals surface area contributed by atoms with Crippen LogP contribution in [0, 0.1) is 0 Å². The van der Waals surface area contributed by atoms with E-state index in [0.717, 1.165) is 89.9 Å². The lowest BCUT2D eigenvalue weighted by molar-refractivity contribution is -0.167. The molecule has 0 radical (unpaired) electrons. The van der Waals surface area contributed by atoms with Gasteiger partial charge in [-0.3, -0.25) is 14.4 Å². The van der Waals surface area contributed by atoms with Crippen LogP contribution in [0.4, 0.5) is 0 Å². The van der Waals surface area contributed by atoms with Crippen LogP contribution < -0.4 is 0 Å². The molecule has 1 unspecified atom stereocenters. The molecule has 0 saturated heterocycles. The zero-order chi connectivity index (χ0) is 43.7. The van der Waals surface area contributed by atoms with Crippen molar-refractivity contribution in [3.05, 3.63) is 72.9 Å². The van der Waals surface area contributed by atoms with Gasteiger partial charge in [0.2, 0.25) is 0 Å². The molecule has 0 aliphatic rings. The molecule has 1 atom stereocenters. The van der Waals surface area contributed by atoms with E-state index in [1.54, 1.807) is 0 Å². The van der Waals surface area contributed by atoms with Crippen LogP contribution in [0.15, 0.2) is 72.9 Å². The van der Waals surface area contributed by atoms with E-state index >= 15 is 0 Å². The van der Waals surface area contributed by atoms with E-state index in [1.807, 2.05) is 0 Å². The minimum atomic E-state index is -0.798. The van der Waals surface area contributed by atoms with Crippen molar-refractivity contribution in [3.63, 3.8) is 0 Å². The van der Waals surface area contributed by atoms with Gasteiger partial charge in [-0.15, -0.1) is 0 Å². The third-order valence-electron chi connectivity index (χ3n) is 10.5. The van der Waals surface area contributed by atoms with Gasteiger partial charge in [-0.1, -0.05) is 209 Å². The Labute approximate surface area is 370 Å². The third kappa shape index (κ3) is 45.9. The number of hydrogen-bond donors (Lipinski definition) is 0. The molecular formula is C54H92O6. The van der Waals surface area contributed by atoms with Gasteiger partial charge in [0.25, 0.3) is 0 Å². The van der Waals surface area contributed by atoms with Crippen LogP contribution in [0.25, 0.3) is 0 Å². The van der Waals surface area contributed by atoms with Crippen molar-refractivity contribution in [1.82, 2.24) is 0 Å². The van der Waals surface area contributed by atoms with Gasteiger partial charge in [-0.25, -0.2) is 0 Å². The van der Waals surface area contributed by atoms with E-state index in [1.165, 1.54) is 96.3 Å². The molecule has 0 aromatic carbocycles. The highest BCUT2D eigenvalue weighted by Crippen LogP contribution is 2.15. The molecule has 6 nitrogen and oxygen atoms in total. The lowest BCUT2D eigenvalue weighted by Gasteiger charge is -2.18. The quantitative estimate of drug-likeness (QED) is 0.0263. The van der Waals surface area contributed by atoms with Crippen molar-refractivity contribution >= 4 is 17.9 Å². The molecule has 0 N–H and O–H groups in total. The number of esters is 3. The minimum absolute atomic E-state index is 0.0968. The number of rotatable bonds is 44. The summed E-state index contributed by atoms with van der Waals surface area (Å²) in [6.45, 7) is 6.35. The summed E-state index contributed by atoms with van der Waals surface area (Å²) >= 11 is 0. The van der Waals surface area contributed by atoms with Gasteiger partial charge in [0.05, 0.1) is 0 Å². The van der Waals surface area contributed by atoms with Gasteiger partial charge in [0, 0.05) is 19.3 Å². The molecule has 0 bridgehead atoms. The SMILES string of the molecule is CC/C=C\C/C=C\C/C=C\CCCCCCCCC(=O)OCC(COC(=O)CCC/C=C\C/C=C\C/C=C\CC)OC(=O)CCCCCCCCCCCCCCCCC. The maximum absolute atomic E-state index is 12.8. The first-order valence-corrected chi connectivity index (χ1v) is 24.9. The monoisotopic (exact) mass is 837 g/mol. The Balaban J connectivity index is 4.42. The van der Waals surface area contributed by atoms with Crippen molar-refractivity contribution in [2.75, 3.05) is 13.2 Å². The van der Waals surface area contributed by atoms with Crippen LogP contribution in [0.3, 0.4) is 0 Å². The van der Waals surface area contributed by atoms with Crippen molar-refractivity contribution in [2.24, 2.45) is 0 Å². The minimum Gasteiger partial charge on any atom is -0.462 e. The van der Waals surface area contributed by atoms with Gasteiger partial charge < -0.3 is 14.2 Å². The first-order valence-electron chi connectivity index (χ1n) is 24.9. The highest BCUT2D eigenvalue weighted by atomic mass is 16.6. The van der Waals surface area contributed by atoms with Crippen LogP contribution in [-0.4, -0.2) is 37.2 Å². The average Bonchev–Trinajstić information content (AvgIpc) is 3.24. The Hall–Kier alpha value is -3.15. The highest BCUT2D eigenvalue weighted by Gasteiger charge is 2.19. The summed E-state index contributed by atoms with van der Waals surface area (Å²) in [6, 6.07) is 0. The van der Waals surface area contributed by atoms with Crippen LogP contribution in [0.5, 0.6) is 0 Å². The Bertz CT molecular complexity index is 1140. The topological polar surface area (TPSA) is 78.9 Å². The van der Waals surface area contributed by atoms with E-state index in [2.05, 4.69) is 93.7 Å². The van der Waals surface area contributed by atoms with Gasteiger partial charge in [-0.05, 0) is 77.0 Å². The summed E-state index contributed by atoms with van der Waals surface area (Å²) in [4.78, 5) is 37.9. The first-order chi connectivity index (χ1) is 29.5. The zero-order valence-corrected chi connectivity index (χ0v) is 39.2. The third-order valence-corrected chi connectivity index (χ3v) is 10.5. The Kier molecular flexibility index (Phi) is 46.0. The second-order valence-corrected chi connectivity index (χ2v) is 16.3. The summed E-state index contributed by atoms with van der Waals surface area (Å²) < 4.78 is 16.7. The fraction of sp³-hybridized carbons (Fsp3) is 0.722. The summed E-state index contributed by atoms with van der Waals surface area (Å²) in [6.07, 6.45) is 60.4. The molecule has 0 aliphatic carbocycles. The molecule has 0 rings (SSSR count). The molecule has 0 fully saturated rings. The van der Waals surface area contributed by atoms with Crippen LogP contribution in [0.2, 0.25) is 0 Å². The lowest BCUT2D eigenvalue weighted by Crippen LogP contribution is -2.30. The Morgan fingerprint density at radius 1 is 0.350 bits per heavy atom. The van der Waals surface area contributed by atoms with Crippen molar-refractivity contribution in [1.29, 1.82) is 0 Å².